The Morgan fingerprint density at radius 2 is 1.92 bits per heavy atom. The van der Waals surface area contributed by atoms with Crippen LogP contribution in [0, 0.1) is 22.7 Å². The van der Waals surface area contributed by atoms with Crippen molar-refractivity contribution in [1.29, 1.82) is 0 Å². The van der Waals surface area contributed by atoms with E-state index in [2.05, 4.69) is 27.4 Å². The first-order valence-electron chi connectivity index (χ1n) is 9.72. The van der Waals surface area contributed by atoms with E-state index in [9.17, 15) is 14.4 Å². The van der Waals surface area contributed by atoms with Crippen molar-refractivity contribution >= 4 is 17.5 Å². The summed E-state index contributed by atoms with van der Waals surface area (Å²) in [4.78, 5) is 37.7. The molecule has 142 valence electrons. The zero-order chi connectivity index (χ0) is 19.3. The molecule has 0 spiro atoms. The van der Waals surface area contributed by atoms with E-state index in [-0.39, 0.29) is 28.8 Å². The Morgan fingerprint density at radius 3 is 2.58 bits per heavy atom. The van der Waals surface area contributed by atoms with Gasteiger partial charge in [-0.1, -0.05) is 39.8 Å². The molecule has 0 saturated heterocycles. The van der Waals surface area contributed by atoms with Crippen molar-refractivity contribution in [2.24, 2.45) is 22.7 Å². The summed E-state index contributed by atoms with van der Waals surface area (Å²) in [6.45, 7) is 11.8. The quantitative estimate of drug-likeness (QED) is 0.521. The van der Waals surface area contributed by atoms with Gasteiger partial charge in [0.1, 0.15) is 11.9 Å². The molecule has 4 atom stereocenters. The SMILES string of the molecule is C=C1C(=O)C2=C[C@@H]1CCC(=O)[C@]1(C)CCCC(C)(C)[C@H]1C[C@H]2OC(C)=O. The number of ether oxygens (including phenoxy) is 1. The van der Waals surface area contributed by atoms with Gasteiger partial charge in [0.15, 0.2) is 5.78 Å². The van der Waals surface area contributed by atoms with Crippen molar-refractivity contribution in [3.63, 3.8) is 0 Å². The van der Waals surface area contributed by atoms with Crippen LogP contribution in [0.15, 0.2) is 23.8 Å². The van der Waals surface area contributed by atoms with Crippen LogP contribution in [0.25, 0.3) is 0 Å². The van der Waals surface area contributed by atoms with Crippen LogP contribution in [-0.2, 0) is 19.1 Å². The van der Waals surface area contributed by atoms with Gasteiger partial charge < -0.3 is 4.74 Å². The van der Waals surface area contributed by atoms with Crippen molar-refractivity contribution in [3.05, 3.63) is 23.8 Å². The number of fused-ring (bicyclic) bond motifs is 2. The van der Waals surface area contributed by atoms with Crippen molar-refractivity contribution in [3.8, 4) is 0 Å². The average Bonchev–Trinajstić information content (AvgIpc) is 2.81. The van der Waals surface area contributed by atoms with Crippen LogP contribution in [0.3, 0.4) is 0 Å². The molecule has 0 aromatic carbocycles. The summed E-state index contributed by atoms with van der Waals surface area (Å²) in [5.74, 6) is -0.265. The van der Waals surface area contributed by atoms with E-state index in [1.54, 1.807) is 0 Å². The highest BCUT2D eigenvalue weighted by atomic mass is 16.5. The number of allylic oxidation sites excluding steroid dienone is 2. The van der Waals surface area contributed by atoms with Crippen LogP contribution >= 0.6 is 0 Å². The second kappa shape index (κ2) is 6.47. The lowest BCUT2D eigenvalue weighted by atomic mass is 9.53. The zero-order valence-corrected chi connectivity index (χ0v) is 16.4. The minimum Gasteiger partial charge on any atom is -0.458 e. The van der Waals surface area contributed by atoms with Crippen molar-refractivity contribution in [1.82, 2.24) is 0 Å². The molecule has 3 aliphatic carbocycles. The second-order valence-electron chi connectivity index (χ2n) is 9.19. The predicted octanol–water partition coefficient (Wildman–Crippen LogP) is 4.19. The largest absolute Gasteiger partial charge is 0.458 e. The zero-order valence-electron chi connectivity index (χ0n) is 16.4. The molecule has 0 unspecified atom stereocenters. The molecule has 3 rings (SSSR count). The fourth-order valence-electron chi connectivity index (χ4n) is 5.52. The van der Waals surface area contributed by atoms with Gasteiger partial charge in [0.05, 0.1) is 0 Å². The van der Waals surface area contributed by atoms with Gasteiger partial charge in [0.2, 0.25) is 0 Å². The topological polar surface area (TPSA) is 60.4 Å². The third kappa shape index (κ3) is 3.08. The number of rotatable bonds is 1. The molecule has 4 heteroatoms. The van der Waals surface area contributed by atoms with Gasteiger partial charge in [0, 0.05) is 30.3 Å². The summed E-state index contributed by atoms with van der Waals surface area (Å²) in [5.41, 5.74) is 0.619. The van der Waals surface area contributed by atoms with Gasteiger partial charge in [-0.15, -0.1) is 0 Å². The number of esters is 1. The third-order valence-corrected chi connectivity index (χ3v) is 7.04. The molecule has 0 N–H and O–H groups in total. The Labute approximate surface area is 156 Å². The van der Waals surface area contributed by atoms with Crippen molar-refractivity contribution in [2.45, 2.75) is 72.3 Å². The lowest BCUT2D eigenvalue weighted by molar-refractivity contribution is -0.149. The van der Waals surface area contributed by atoms with E-state index in [0.29, 0.717) is 30.4 Å². The van der Waals surface area contributed by atoms with Crippen molar-refractivity contribution in [2.75, 3.05) is 0 Å². The standard InChI is InChI=1S/C22H30O4/c1-13-15-7-8-19(24)22(5)10-6-9-21(3,4)18(22)12-17(26-14(2)23)16(11-15)20(13)25/h11,15,17-18H,1,6-10,12H2,2-5H3/t15-,17+,18+,22+/m0/s1. The number of ketones is 2. The summed E-state index contributed by atoms with van der Waals surface area (Å²) < 4.78 is 5.61. The highest BCUT2D eigenvalue weighted by Crippen LogP contribution is 2.55. The average molecular weight is 358 g/mol. The van der Waals surface area contributed by atoms with E-state index in [0.717, 1.165) is 19.3 Å². The molecule has 1 fully saturated rings. The highest BCUT2D eigenvalue weighted by molar-refractivity contribution is 6.12. The molecule has 26 heavy (non-hydrogen) atoms. The number of carbonyl (C=O) groups excluding carboxylic acids is 3. The first kappa shape index (κ1) is 19.1. The summed E-state index contributed by atoms with van der Waals surface area (Å²) >= 11 is 0. The fourth-order valence-corrected chi connectivity index (χ4v) is 5.52. The number of carbonyl (C=O) groups is 3. The molecule has 0 aromatic rings. The Hall–Kier alpha value is -1.71. The molecule has 0 aliphatic heterocycles. The van der Waals surface area contributed by atoms with Gasteiger partial charge in [-0.05, 0) is 42.6 Å². The molecular weight excluding hydrogens is 328 g/mol. The monoisotopic (exact) mass is 358 g/mol. The van der Waals surface area contributed by atoms with Gasteiger partial charge in [-0.2, -0.15) is 0 Å². The van der Waals surface area contributed by atoms with E-state index in [4.69, 9.17) is 4.74 Å². The molecule has 0 heterocycles. The maximum Gasteiger partial charge on any atom is 0.303 e. The molecule has 0 aromatic heterocycles. The summed E-state index contributed by atoms with van der Waals surface area (Å²) in [6, 6.07) is 0. The summed E-state index contributed by atoms with van der Waals surface area (Å²) in [6.07, 6.45) is 5.85. The van der Waals surface area contributed by atoms with Gasteiger partial charge >= 0.3 is 5.97 Å². The Balaban J connectivity index is 2.08. The lowest BCUT2D eigenvalue weighted by Crippen LogP contribution is -2.49. The molecule has 0 radical (unpaired) electrons. The summed E-state index contributed by atoms with van der Waals surface area (Å²) in [5, 5.41) is 0. The highest BCUT2D eigenvalue weighted by Gasteiger charge is 2.52. The molecule has 1 saturated carbocycles. The first-order chi connectivity index (χ1) is 12.1. The molecular formula is C22H30O4. The van der Waals surface area contributed by atoms with Crippen LogP contribution in [0.4, 0.5) is 0 Å². The number of Topliss-reactive ketones (excluding diaryl/α,β-unsaturated/α-hetero) is 2. The summed E-state index contributed by atoms with van der Waals surface area (Å²) in [7, 11) is 0. The van der Waals surface area contributed by atoms with E-state index >= 15 is 0 Å². The molecule has 3 aliphatic rings. The van der Waals surface area contributed by atoms with E-state index in [1.807, 2.05) is 6.08 Å². The number of hydrogen-bond donors (Lipinski definition) is 0. The maximum absolute atomic E-state index is 13.2. The van der Waals surface area contributed by atoms with Crippen LogP contribution in [-0.4, -0.2) is 23.6 Å². The maximum atomic E-state index is 13.2. The van der Waals surface area contributed by atoms with Crippen LogP contribution in [0.2, 0.25) is 0 Å². The first-order valence-corrected chi connectivity index (χ1v) is 9.72. The minimum absolute atomic E-state index is 0.0428. The third-order valence-electron chi connectivity index (χ3n) is 7.04. The van der Waals surface area contributed by atoms with Crippen LogP contribution in [0.5, 0.6) is 0 Å². The predicted molar refractivity (Wildman–Crippen MR) is 99.4 cm³/mol. The smallest absolute Gasteiger partial charge is 0.303 e. The Morgan fingerprint density at radius 1 is 1.23 bits per heavy atom. The van der Waals surface area contributed by atoms with Crippen LogP contribution in [0.1, 0.15) is 66.2 Å². The minimum atomic E-state index is -0.589. The molecule has 4 nitrogen and oxygen atoms in total. The lowest BCUT2D eigenvalue weighted by Gasteiger charge is -2.51. The van der Waals surface area contributed by atoms with Gasteiger partial charge in [-0.25, -0.2) is 0 Å². The number of hydrogen-bond acceptors (Lipinski definition) is 4. The van der Waals surface area contributed by atoms with E-state index in [1.165, 1.54) is 6.92 Å². The van der Waals surface area contributed by atoms with Crippen molar-refractivity contribution < 1.29 is 19.1 Å². The fraction of sp³-hybridized carbons (Fsp3) is 0.682. The molecule has 0 amide bonds. The second-order valence-corrected chi connectivity index (χ2v) is 9.19. The normalized spacial score (nSPS) is 37.0. The molecule has 2 bridgehead atoms. The Kier molecular flexibility index (Phi) is 4.74. The van der Waals surface area contributed by atoms with Crippen LogP contribution < -0.4 is 0 Å². The van der Waals surface area contributed by atoms with Gasteiger partial charge in [0.25, 0.3) is 0 Å². The Bertz CT molecular complexity index is 699. The van der Waals surface area contributed by atoms with E-state index < -0.39 is 17.5 Å². The van der Waals surface area contributed by atoms with Gasteiger partial charge in [-0.3, -0.25) is 14.4 Å².